The molecule has 0 rings (SSSR count). The van der Waals surface area contributed by atoms with Crippen LogP contribution in [0.15, 0.2) is 12.2 Å². The molecule has 0 heterocycles. The summed E-state index contributed by atoms with van der Waals surface area (Å²) < 4.78 is 5.57. The maximum absolute atomic E-state index is 5.57. The van der Waals surface area contributed by atoms with Crippen LogP contribution in [0.3, 0.4) is 0 Å². The summed E-state index contributed by atoms with van der Waals surface area (Å²) in [6.07, 6.45) is 2.42. The van der Waals surface area contributed by atoms with E-state index < -0.39 is 0 Å². The van der Waals surface area contributed by atoms with E-state index in [9.17, 15) is 0 Å². The van der Waals surface area contributed by atoms with Gasteiger partial charge in [-0.3, -0.25) is 0 Å². The number of ether oxygens (including phenoxy) is 1. The van der Waals surface area contributed by atoms with Gasteiger partial charge in [0, 0.05) is 13.2 Å². The van der Waals surface area contributed by atoms with E-state index in [0.717, 1.165) is 19.4 Å². The van der Waals surface area contributed by atoms with Crippen LogP contribution in [0.2, 0.25) is 0 Å². The van der Waals surface area contributed by atoms with E-state index in [2.05, 4.69) is 39.6 Å². The third-order valence-corrected chi connectivity index (χ3v) is 2.55. The Morgan fingerprint density at radius 1 is 1.40 bits per heavy atom. The van der Waals surface area contributed by atoms with Gasteiger partial charge < -0.3 is 10.1 Å². The Balaban J connectivity index is 4.35. The second-order valence-electron chi connectivity index (χ2n) is 4.67. The van der Waals surface area contributed by atoms with Gasteiger partial charge in [-0.05, 0) is 32.2 Å². The van der Waals surface area contributed by atoms with E-state index in [1.807, 2.05) is 0 Å². The molecule has 0 spiro atoms. The van der Waals surface area contributed by atoms with Crippen molar-refractivity contribution in [3.05, 3.63) is 12.2 Å². The van der Waals surface area contributed by atoms with Crippen LogP contribution in [0.5, 0.6) is 0 Å². The van der Waals surface area contributed by atoms with Crippen molar-refractivity contribution in [2.45, 2.75) is 52.7 Å². The molecule has 0 aliphatic carbocycles. The summed E-state index contributed by atoms with van der Waals surface area (Å²) in [4.78, 5) is 0. The normalized spacial score (nSPS) is 15.3. The molecule has 0 bridgehead atoms. The summed E-state index contributed by atoms with van der Waals surface area (Å²) >= 11 is 0. The first-order chi connectivity index (χ1) is 7.02. The standard InChI is InChI=1S/C13H27NO/c1-7-8-14-12(9-10(2)3)13(15-6)11(4)5/h11-14H,2,7-9H2,1,3-6H3. The van der Waals surface area contributed by atoms with Crippen molar-refractivity contribution in [1.82, 2.24) is 5.32 Å². The van der Waals surface area contributed by atoms with Gasteiger partial charge in [0.25, 0.3) is 0 Å². The van der Waals surface area contributed by atoms with Crippen molar-refractivity contribution < 1.29 is 4.74 Å². The molecule has 90 valence electrons. The van der Waals surface area contributed by atoms with Crippen LogP contribution in [0.4, 0.5) is 0 Å². The fourth-order valence-electron chi connectivity index (χ4n) is 1.91. The first-order valence-corrected chi connectivity index (χ1v) is 5.93. The van der Waals surface area contributed by atoms with E-state index in [0.29, 0.717) is 12.0 Å². The van der Waals surface area contributed by atoms with Crippen molar-refractivity contribution in [2.75, 3.05) is 13.7 Å². The SMILES string of the molecule is C=C(C)CC(NCCC)C(OC)C(C)C. The average molecular weight is 213 g/mol. The van der Waals surface area contributed by atoms with Gasteiger partial charge in [-0.15, -0.1) is 6.58 Å². The first-order valence-electron chi connectivity index (χ1n) is 5.93. The number of hydrogen-bond acceptors (Lipinski definition) is 2. The van der Waals surface area contributed by atoms with Crippen LogP contribution >= 0.6 is 0 Å². The largest absolute Gasteiger partial charge is 0.380 e. The van der Waals surface area contributed by atoms with Gasteiger partial charge in [-0.1, -0.05) is 26.3 Å². The van der Waals surface area contributed by atoms with Gasteiger partial charge in [-0.25, -0.2) is 0 Å². The van der Waals surface area contributed by atoms with Crippen molar-refractivity contribution in [3.8, 4) is 0 Å². The molecule has 2 heteroatoms. The lowest BCUT2D eigenvalue weighted by Gasteiger charge is -2.30. The van der Waals surface area contributed by atoms with E-state index in [1.165, 1.54) is 5.57 Å². The molecule has 0 saturated carbocycles. The van der Waals surface area contributed by atoms with Gasteiger partial charge >= 0.3 is 0 Å². The Morgan fingerprint density at radius 3 is 2.33 bits per heavy atom. The minimum absolute atomic E-state index is 0.272. The topological polar surface area (TPSA) is 21.3 Å². The Morgan fingerprint density at radius 2 is 2.00 bits per heavy atom. The molecule has 0 radical (unpaired) electrons. The summed E-state index contributed by atoms with van der Waals surface area (Å²) in [6.45, 7) is 13.7. The Bertz CT molecular complexity index is 177. The maximum atomic E-state index is 5.57. The highest BCUT2D eigenvalue weighted by atomic mass is 16.5. The van der Waals surface area contributed by atoms with Gasteiger partial charge in [0.05, 0.1) is 6.10 Å². The summed E-state index contributed by atoms with van der Waals surface area (Å²) in [5, 5.41) is 3.55. The van der Waals surface area contributed by atoms with Crippen molar-refractivity contribution in [3.63, 3.8) is 0 Å². The first kappa shape index (κ1) is 14.7. The van der Waals surface area contributed by atoms with E-state index in [1.54, 1.807) is 7.11 Å². The van der Waals surface area contributed by atoms with Crippen molar-refractivity contribution in [1.29, 1.82) is 0 Å². The molecule has 0 aromatic heterocycles. The van der Waals surface area contributed by atoms with Crippen LogP contribution in [0.1, 0.15) is 40.5 Å². The molecular weight excluding hydrogens is 186 g/mol. The van der Waals surface area contributed by atoms with Crippen molar-refractivity contribution >= 4 is 0 Å². The third kappa shape index (κ3) is 5.95. The Labute approximate surface area is 95.1 Å². The van der Waals surface area contributed by atoms with E-state index in [-0.39, 0.29) is 6.10 Å². The molecule has 1 N–H and O–H groups in total. The van der Waals surface area contributed by atoms with Gasteiger partial charge in [0.15, 0.2) is 0 Å². The predicted molar refractivity (Wildman–Crippen MR) is 67.1 cm³/mol. The maximum Gasteiger partial charge on any atom is 0.0750 e. The highest BCUT2D eigenvalue weighted by Crippen LogP contribution is 2.16. The fraction of sp³-hybridized carbons (Fsp3) is 0.846. The van der Waals surface area contributed by atoms with E-state index in [4.69, 9.17) is 4.74 Å². The predicted octanol–water partition coefficient (Wildman–Crippen LogP) is 2.99. The fourth-order valence-corrected chi connectivity index (χ4v) is 1.91. The minimum atomic E-state index is 0.272. The molecule has 0 amide bonds. The third-order valence-electron chi connectivity index (χ3n) is 2.55. The molecule has 0 aromatic rings. The number of nitrogens with one attached hydrogen (secondary N) is 1. The smallest absolute Gasteiger partial charge is 0.0750 e. The molecule has 0 fully saturated rings. The van der Waals surface area contributed by atoms with Crippen LogP contribution < -0.4 is 5.32 Å². The molecule has 2 atom stereocenters. The van der Waals surface area contributed by atoms with Gasteiger partial charge in [-0.2, -0.15) is 0 Å². The molecule has 0 aliphatic rings. The highest BCUT2D eigenvalue weighted by Gasteiger charge is 2.23. The van der Waals surface area contributed by atoms with Crippen LogP contribution in [-0.2, 0) is 4.74 Å². The van der Waals surface area contributed by atoms with Gasteiger partial charge in [0.1, 0.15) is 0 Å². The Hall–Kier alpha value is -0.340. The zero-order valence-corrected chi connectivity index (χ0v) is 11.0. The highest BCUT2D eigenvalue weighted by molar-refractivity contribution is 4.96. The van der Waals surface area contributed by atoms with Crippen molar-refractivity contribution in [2.24, 2.45) is 5.92 Å². The molecule has 2 unspecified atom stereocenters. The second-order valence-corrected chi connectivity index (χ2v) is 4.67. The van der Waals surface area contributed by atoms with Crippen LogP contribution in [-0.4, -0.2) is 25.8 Å². The lowest BCUT2D eigenvalue weighted by molar-refractivity contribution is 0.0333. The number of methoxy groups -OCH3 is 1. The summed E-state index contributed by atoms with van der Waals surface area (Å²) in [5.41, 5.74) is 1.21. The quantitative estimate of drug-likeness (QED) is 0.626. The monoisotopic (exact) mass is 213 g/mol. The summed E-state index contributed by atoms with van der Waals surface area (Å²) in [5.74, 6) is 0.531. The zero-order chi connectivity index (χ0) is 11.8. The molecule has 0 aliphatic heterocycles. The Kier molecular flexibility index (Phi) is 7.71. The summed E-state index contributed by atoms with van der Waals surface area (Å²) in [7, 11) is 1.80. The molecule has 2 nitrogen and oxygen atoms in total. The van der Waals surface area contributed by atoms with E-state index >= 15 is 0 Å². The lowest BCUT2D eigenvalue weighted by atomic mass is 9.94. The molecule has 0 saturated heterocycles. The van der Waals surface area contributed by atoms with Crippen LogP contribution in [0, 0.1) is 5.92 Å². The zero-order valence-electron chi connectivity index (χ0n) is 11.0. The minimum Gasteiger partial charge on any atom is -0.380 e. The molecular formula is C13H27NO. The van der Waals surface area contributed by atoms with Gasteiger partial charge in [0.2, 0.25) is 0 Å². The molecule has 15 heavy (non-hydrogen) atoms. The molecule has 0 aromatic carbocycles. The number of rotatable bonds is 8. The van der Waals surface area contributed by atoms with Crippen LogP contribution in [0.25, 0.3) is 0 Å². The lowest BCUT2D eigenvalue weighted by Crippen LogP contribution is -2.44. The second kappa shape index (κ2) is 7.89. The average Bonchev–Trinajstić information content (AvgIpc) is 2.13. The summed E-state index contributed by atoms with van der Waals surface area (Å²) in [6, 6.07) is 0.396. The number of hydrogen-bond donors (Lipinski definition) is 1.